The van der Waals surface area contributed by atoms with E-state index in [1.807, 2.05) is 33.8 Å². The molecule has 0 atom stereocenters. The monoisotopic (exact) mass is 302 g/mol. The second-order valence-electron chi connectivity index (χ2n) is 6.48. The molecule has 3 rings (SSSR count). The van der Waals surface area contributed by atoms with E-state index >= 15 is 0 Å². The molecule has 6 nitrogen and oxygen atoms in total. The number of hydrogen-bond acceptors (Lipinski definition) is 5. The highest BCUT2D eigenvalue weighted by Crippen LogP contribution is 2.36. The number of carbonyl (C=O) groups excluding carboxylic acids is 1. The van der Waals surface area contributed by atoms with Gasteiger partial charge in [-0.15, -0.1) is 0 Å². The molecule has 1 aromatic carbocycles. The SMILES string of the molecule is COC(=O)c1cc(B2OC(C)(C)C(C)(C)O2)cc2cn[nH]c12. The number of carbonyl (C=O) groups is 1. The smallest absolute Gasteiger partial charge is 0.465 e. The minimum atomic E-state index is -0.535. The molecule has 22 heavy (non-hydrogen) atoms. The van der Waals surface area contributed by atoms with E-state index in [-0.39, 0.29) is 0 Å². The second kappa shape index (κ2) is 4.82. The average Bonchev–Trinajstić information content (AvgIpc) is 2.99. The summed E-state index contributed by atoms with van der Waals surface area (Å²) in [6, 6.07) is 3.64. The van der Waals surface area contributed by atoms with E-state index < -0.39 is 24.3 Å². The highest BCUT2D eigenvalue weighted by molar-refractivity contribution is 6.62. The molecule has 1 N–H and O–H groups in total. The van der Waals surface area contributed by atoms with Crippen molar-refractivity contribution in [1.29, 1.82) is 0 Å². The molecule has 0 unspecified atom stereocenters. The lowest BCUT2D eigenvalue weighted by Gasteiger charge is -2.32. The lowest BCUT2D eigenvalue weighted by atomic mass is 9.77. The van der Waals surface area contributed by atoms with Gasteiger partial charge in [-0.1, -0.05) is 6.07 Å². The van der Waals surface area contributed by atoms with Gasteiger partial charge in [0.15, 0.2) is 0 Å². The number of rotatable bonds is 2. The molecule has 0 saturated carbocycles. The number of nitrogens with one attached hydrogen (secondary N) is 1. The summed E-state index contributed by atoms with van der Waals surface area (Å²) in [6.45, 7) is 7.96. The normalized spacial score (nSPS) is 19.6. The predicted molar refractivity (Wildman–Crippen MR) is 83.1 cm³/mol. The van der Waals surface area contributed by atoms with E-state index in [0.717, 1.165) is 10.8 Å². The molecule has 2 aromatic rings. The van der Waals surface area contributed by atoms with Gasteiger partial charge in [-0.05, 0) is 39.2 Å². The lowest BCUT2D eigenvalue weighted by Crippen LogP contribution is -2.41. The van der Waals surface area contributed by atoms with Crippen molar-refractivity contribution in [1.82, 2.24) is 10.2 Å². The number of aromatic nitrogens is 2. The fourth-order valence-electron chi connectivity index (χ4n) is 2.47. The summed E-state index contributed by atoms with van der Waals surface area (Å²) in [7, 11) is 0.819. The fraction of sp³-hybridized carbons (Fsp3) is 0.467. The molecular weight excluding hydrogens is 283 g/mol. The molecule has 0 spiro atoms. The van der Waals surface area contributed by atoms with Crippen molar-refractivity contribution in [2.45, 2.75) is 38.9 Å². The van der Waals surface area contributed by atoms with Gasteiger partial charge in [0.1, 0.15) is 0 Å². The number of methoxy groups -OCH3 is 1. The third kappa shape index (κ3) is 2.21. The maximum atomic E-state index is 12.0. The molecule has 1 aliphatic heterocycles. The predicted octanol–water partition coefficient (Wildman–Crippen LogP) is 1.65. The number of fused-ring (bicyclic) bond motifs is 1. The summed E-state index contributed by atoms with van der Waals surface area (Å²) in [5.74, 6) is -0.424. The van der Waals surface area contributed by atoms with Crippen LogP contribution in [0.2, 0.25) is 0 Å². The number of ether oxygens (including phenoxy) is 1. The zero-order chi connectivity index (χ0) is 16.1. The molecular formula is C15H19BN2O4. The first-order chi connectivity index (χ1) is 10.2. The zero-order valence-corrected chi connectivity index (χ0v) is 13.4. The Morgan fingerprint density at radius 1 is 1.23 bits per heavy atom. The van der Waals surface area contributed by atoms with Crippen LogP contribution in [0.4, 0.5) is 0 Å². The molecule has 1 aliphatic rings. The van der Waals surface area contributed by atoms with Crippen molar-refractivity contribution in [3.05, 3.63) is 23.9 Å². The molecule has 116 valence electrons. The van der Waals surface area contributed by atoms with E-state index in [4.69, 9.17) is 14.0 Å². The van der Waals surface area contributed by atoms with Gasteiger partial charge in [-0.2, -0.15) is 5.10 Å². The number of aromatic amines is 1. The van der Waals surface area contributed by atoms with Crippen molar-refractivity contribution in [2.24, 2.45) is 0 Å². The third-order valence-corrected chi connectivity index (χ3v) is 4.50. The first kappa shape index (κ1) is 15.1. The van der Waals surface area contributed by atoms with Crippen LogP contribution in [0.25, 0.3) is 10.9 Å². The number of hydrogen-bond donors (Lipinski definition) is 1. The molecule has 0 amide bonds. The van der Waals surface area contributed by atoms with Gasteiger partial charge in [-0.25, -0.2) is 4.79 Å². The Bertz CT molecular complexity index is 722. The molecule has 0 aliphatic carbocycles. The highest BCUT2D eigenvalue weighted by atomic mass is 16.7. The first-order valence-electron chi connectivity index (χ1n) is 7.16. The van der Waals surface area contributed by atoms with E-state index in [1.54, 1.807) is 12.3 Å². The standard InChI is InChI=1S/C15H19BN2O4/c1-14(2)15(3,4)22-16(21-14)10-6-9-8-17-18-12(9)11(7-10)13(19)20-5/h6-8H,1-5H3,(H,17,18). The number of nitrogens with zero attached hydrogens (tertiary/aromatic N) is 1. The van der Waals surface area contributed by atoms with Crippen LogP contribution in [0.1, 0.15) is 38.1 Å². The maximum Gasteiger partial charge on any atom is 0.494 e. The van der Waals surface area contributed by atoms with Crippen LogP contribution < -0.4 is 5.46 Å². The zero-order valence-electron chi connectivity index (χ0n) is 13.4. The van der Waals surface area contributed by atoms with Crippen LogP contribution in [0.3, 0.4) is 0 Å². The Balaban J connectivity index is 2.07. The van der Waals surface area contributed by atoms with E-state index in [0.29, 0.717) is 11.1 Å². The first-order valence-corrected chi connectivity index (χ1v) is 7.16. The Morgan fingerprint density at radius 2 is 1.86 bits per heavy atom. The number of H-pyrrole nitrogens is 1. The summed E-state index contributed by atoms with van der Waals surface area (Å²) in [5, 5.41) is 7.62. The van der Waals surface area contributed by atoms with Gasteiger partial charge < -0.3 is 14.0 Å². The maximum absolute atomic E-state index is 12.0. The minimum absolute atomic E-state index is 0.419. The Kier molecular flexibility index (Phi) is 3.30. The molecule has 7 heteroatoms. The lowest BCUT2D eigenvalue weighted by molar-refractivity contribution is 0.00578. The van der Waals surface area contributed by atoms with Crippen LogP contribution in [-0.2, 0) is 14.0 Å². The van der Waals surface area contributed by atoms with E-state index in [2.05, 4.69) is 10.2 Å². The number of benzene rings is 1. The van der Waals surface area contributed by atoms with Crippen LogP contribution in [0.15, 0.2) is 18.3 Å². The van der Waals surface area contributed by atoms with Crippen molar-refractivity contribution < 1.29 is 18.8 Å². The summed E-state index contributed by atoms with van der Waals surface area (Å²) in [6.07, 6.45) is 1.66. The second-order valence-corrected chi connectivity index (χ2v) is 6.48. The third-order valence-electron chi connectivity index (χ3n) is 4.50. The van der Waals surface area contributed by atoms with Crippen molar-refractivity contribution in [3.63, 3.8) is 0 Å². The molecule has 1 fully saturated rings. The van der Waals surface area contributed by atoms with E-state index in [1.165, 1.54) is 7.11 Å². The largest absolute Gasteiger partial charge is 0.494 e. The van der Waals surface area contributed by atoms with Gasteiger partial charge in [-0.3, -0.25) is 5.10 Å². The Labute approximate surface area is 129 Å². The van der Waals surface area contributed by atoms with Crippen molar-refractivity contribution in [3.8, 4) is 0 Å². The van der Waals surface area contributed by atoms with Crippen molar-refractivity contribution in [2.75, 3.05) is 7.11 Å². The molecule has 1 aromatic heterocycles. The van der Waals surface area contributed by atoms with E-state index in [9.17, 15) is 4.79 Å². The van der Waals surface area contributed by atoms with Crippen LogP contribution in [0.5, 0.6) is 0 Å². The Hall–Kier alpha value is -1.86. The Morgan fingerprint density at radius 3 is 2.45 bits per heavy atom. The topological polar surface area (TPSA) is 73.4 Å². The molecule has 0 radical (unpaired) electrons. The quantitative estimate of drug-likeness (QED) is 0.674. The summed E-state index contributed by atoms with van der Waals surface area (Å²) >= 11 is 0. The highest BCUT2D eigenvalue weighted by Gasteiger charge is 2.51. The van der Waals surface area contributed by atoms with Gasteiger partial charge in [0, 0.05) is 5.39 Å². The van der Waals surface area contributed by atoms with Crippen LogP contribution >= 0.6 is 0 Å². The van der Waals surface area contributed by atoms with Gasteiger partial charge in [0.2, 0.25) is 0 Å². The summed E-state index contributed by atoms with van der Waals surface area (Å²) < 4.78 is 16.9. The minimum Gasteiger partial charge on any atom is -0.465 e. The molecule has 1 saturated heterocycles. The summed E-state index contributed by atoms with van der Waals surface area (Å²) in [4.78, 5) is 12.0. The van der Waals surface area contributed by atoms with Crippen LogP contribution in [-0.4, -0.2) is 41.6 Å². The van der Waals surface area contributed by atoms with Crippen molar-refractivity contribution >= 4 is 29.5 Å². The number of esters is 1. The van der Waals surface area contributed by atoms with Gasteiger partial charge in [0.05, 0.1) is 35.6 Å². The average molecular weight is 302 g/mol. The van der Waals surface area contributed by atoms with Gasteiger partial charge in [0.25, 0.3) is 0 Å². The van der Waals surface area contributed by atoms with Crippen LogP contribution in [0, 0.1) is 0 Å². The summed E-state index contributed by atoms with van der Waals surface area (Å²) in [5.41, 5.74) is 0.963. The molecule has 2 heterocycles. The fourth-order valence-corrected chi connectivity index (χ4v) is 2.47. The van der Waals surface area contributed by atoms with Gasteiger partial charge >= 0.3 is 13.1 Å². The molecule has 0 bridgehead atoms.